The van der Waals surface area contributed by atoms with E-state index in [1.54, 1.807) is 19.5 Å². The highest BCUT2D eigenvalue weighted by atomic mass is 35.5. The summed E-state index contributed by atoms with van der Waals surface area (Å²) >= 11 is 6.28. The number of nitrogens with zero attached hydrogens (tertiary/aromatic N) is 1. The Hall–Kier alpha value is -3.05. The average molecular weight is 437 g/mol. The highest BCUT2D eigenvalue weighted by Crippen LogP contribution is 2.49. The normalized spacial score (nSPS) is 18.2. The van der Waals surface area contributed by atoms with Crippen molar-refractivity contribution in [3.05, 3.63) is 88.7 Å². The fourth-order valence-electron chi connectivity index (χ4n) is 3.72. The zero-order chi connectivity index (χ0) is 21.8. The lowest BCUT2D eigenvalue weighted by Crippen LogP contribution is -2.28. The van der Waals surface area contributed by atoms with Crippen LogP contribution in [0.4, 0.5) is 0 Å². The highest BCUT2D eigenvalue weighted by Gasteiger charge is 2.45. The summed E-state index contributed by atoms with van der Waals surface area (Å²) in [7, 11) is 1.61. The molecule has 1 amide bonds. The standard InChI is InChI=1S/C25H25ClN2O3/c1-16(28-25(29)21-14-20(21)19-5-3-4-6-22(19)26)18-7-8-23(24(13-18)30-2)31-15-17-9-11-27-12-10-17/h3-13,16,20-21H,14-15H2,1-2H3,(H,28,29). The number of benzene rings is 2. The average Bonchev–Trinajstić information content (AvgIpc) is 3.59. The molecule has 0 spiro atoms. The van der Waals surface area contributed by atoms with E-state index in [2.05, 4.69) is 10.3 Å². The number of aromatic nitrogens is 1. The Balaban J connectivity index is 1.37. The van der Waals surface area contributed by atoms with E-state index in [4.69, 9.17) is 21.1 Å². The van der Waals surface area contributed by atoms with Crippen LogP contribution in [0.15, 0.2) is 67.0 Å². The van der Waals surface area contributed by atoms with Gasteiger partial charge < -0.3 is 14.8 Å². The van der Waals surface area contributed by atoms with Gasteiger partial charge in [-0.1, -0.05) is 35.9 Å². The molecule has 1 fully saturated rings. The molecule has 0 aliphatic heterocycles. The van der Waals surface area contributed by atoms with Crippen LogP contribution in [0.25, 0.3) is 0 Å². The van der Waals surface area contributed by atoms with Crippen LogP contribution in [0.2, 0.25) is 5.02 Å². The number of nitrogens with one attached hydrogen (secondary N) is 1. The first kappa shape index (κ1) is 21.2. The molecule has 1 aromatic heterocycles. The van der Waals surface area contributed by atoms with Crippen LogP contribution in [-0.4, -0.2) is 18.0 Å². The molecule has 4 rings (SSSR count). The molecule has 3 atom stereocenters. The second kappa shape index (κ2) is 9.40. The lowest BCUT2D eigenvalue weighted by Gasteiger charge is -2.17. The summed E-state index contributed by atoms with van der Waals surface area (Å²) in [5.41, 5.74) is 3.03. The minimum absolute atomic E-state index is 0.0350. The van der Waals surface area contributed by atoms with Crippen LogP contribution >= 0.6 is 11.6 Å². The predicted molar refractivity (Wildman–Crippen MR) is 120 cm³/mol. The van der Waals surface area contributed by atoms with E-state index in [1.165, 1.54) is 0 Å². The fourth-order valence-corrected chi connectivity index (χ4v) is 4.00. The van der Waals surface area contributed by atoms with Gasteiger partial charge in [0, 0.05) is 23.3 Å². The zero-order valence-corrected chi connectivity index (χ0v) is 18.3. The van der Waals surface area contributed by atoms with Crippen molar-refractivity contribution < 1.29 is 14.3 Å². The van der Waals surface area contributed by atoms with Crippen molar-refractivity contribution >= 4 is 17.5 Å². The summed E-state index contributed by atoms with van der Waals surface area (Å²) in [5.74, 6) is 1.50. The maximum atomic E-state index is 12.7. The van der Waals surface area contributed by atoms with Gasteiger partial charge in [-0.25, -0.2) is 0 Å². The smallest absolute Gasteiger partial charge is 0.224 e. The van der Waals surface area contributed by atoms with Crippen LogP contribution in [0.5, 0.6) is 11.5 Å². The summed E-state index contributed by atoms with van der Waals surface area (Å²) in [6.45, 7) is 2.40. The van der Waals surface area contributed by atoms with Crippen molar-refractivity contribution in [2.75, 3.05) is 7.11 Å². The second-order valence-electron chi connectivity index (χ2n) is 7.75. The Bertz CT molecular complexity index is 1060. The van der Waals surface area contributed by atoms with Crippen LogP contribution < -0.4 is 14.8 Å². The number of halogens is 1. The van der Waals surface area contributed by atoms with Crippen molar-refractivity contribution in [3.63, 3.8) is 0 Å². The maximum absolute atomic E-state index is 12.7. The Kier molecular flexibility index (Phi) is 6.42. The number of ether oxygens (including phenoxy) is 2. The van der Waals surface area contributed by atoms with Gasteiger partial charge in [-0.15, -0.1) is 0 Å². The van der Waals surface area contributed by atoms with Gasteiger partial charge in [-0.05, 0) is 66.3 Å². The number of hydrogen-bond donors (Lipinski definition) is 1. The molecule has 5 nitrogen and oxygen atoms in total. The summed E-state index contributed by atoms with van der Waals surface area (Å²) in [6, 6.07) is 17.1. The molecule has 31 heavy (non-hydrogen) atoms. The van der Waals surface area contributed by atoms with Gasteiger partial charge >= 0.3 is 0 Å². The number of amides is 1. The predicted octanol–water partition coefficient (Wildman–Crippen LogP) is 5.30. The van der Waals surface area contributed by atoms with Crippen LogP contribution in [0.3, 0.4) is 0 Å². The van der Waals surface area contributed by atoms with Crippen molar-refractivity contribution in [2.45, 2.75) is 31.9 Å². The summed E-state index contributed by atoms with van der Waals surface area (Å²) in [4.78, 5) is 16.8. The minimum Gasteiger partial charge on any atom is -0.493 e. The van der Waals surface area contributed by atoms with Crippen LogP contribution in [-0.2, 0) is 11.4 Å². The molecule has 1 saturated carbocycles. The number of rotatable bonds is 8. The molecular weight excluding hydrogens is 412 g/mol. The topological polar surface area (TPSA) is 60.5 Å². The molecule has 0 saturated heterocycles. The Labute approximate surface area is 187 Å². The first-order valence-corrected chi connectivity index (χ1v) is 10.7. The van der Waals surface area contributed by atoms with Crippen molar-refractivity contribution in [1.29, 1.82) is 0 Å². The molecule has 3 aromatic rings. The van der Waals surface area contributed by atoms with Gasteiger partial charge in [0.25, 0.3) is 0 Å². The van der Waals surface area contributed by atoms with E-state index in [0.717, 1.165) is 28.1 Å². The lowest BCUT2D eigenvalue weighted by molar-refractivity contribution is -0.123. The molecule has 1 aliphatic rings. The van der Waals surface area contributed by atoms with Gasteiger partial charge in [-0.3, -0.25) is 9.78 Å². The van der Waals surface area contributed by atoms with E-state index in [1.807, 2.05) is 61.5 Å². The van der Waals surface area contributed by atoms with Gasteiger partial charge in [0.05, 0.1) is 13.2 Å². The first-order valence-electron chi connectivity index (χ1n) is 10.3. The molecule has 160 valence electrons. The Morgan fingerprint density at radius 2 is 1.94 bits per heavy atom. The Morgan fingerprint density at radius 3 is 2.68 bits per heavy atom. The zero-order valence-electron chi connectivity index (χ0n) is 17.5. The van der Waals surface area contributed by atoms with E-state index >= 15 is 0 Å². The molecule has 0 radical (unpaired) electrons. The molecule has 2 aromatic carbocycles. The number of carbonyl (C=O) groups is 1. The van der Waals surface area contributed by atoms with Gasteiger partial charge in [0.15, 0.2) is 11.5 Å². The van der Waals surface area contributed by atoms with E-state index in [9.17, 15) is 4.79 Å². The van der Waals surface area contributed by atoms with Crippen LogP contribution in [0, 0.1) is 5.92 Å². The first-order chi connectivity index (χ1) is 15.1. The highest BCUT2D eigenvalue weighted by molar-refractivity contribution is 6.31. The number of methoxy groups -OCH3 is 1. The third-order valence-electron chi connectivity index (χ3n) is 5.62. The van der Waals surface area contributed by atoms with Crippen molar-refractivity contribution in [1.82, 2.24) is 10.3 Å². The molecular formula is C25H25ClN2O3. The van der Waals surface area contributed by atoms with Gasteiger partial charge in [0.1, 0.15) is 6.61 Å². The Morgan fingerprint density at radius 1 is 1.16 bits per heavy atom. The third-order valence-corrected chi connectivity index (χ3v) is 5.97. The maximum Gasteiger partial charge on any atom is 0.224 e. The molecule has 6 heteroatoms. The SMILES string of the molecule is COc1cc(C(C)NC(=O)C2CC2c2ccccc2Cl)ccc1OCc1ccncc1. The number of carbonyl (C=O) groups excluding carboxylic acids is 1. The molecule has 1 heterocycles. The molecule has 1 N–H and O–H groups in total. The van der Waals surface area contributed by atoms with E-state index in [0.29, 0.717) is 18.1 Å². The minimum atomic E-state index is -0.150. The summed E-state index contributed by atoms with van der Waals surface area (Å²) in [5, 5.41) is 3.85. The quantitative estimate of drug-likeness (QED) is 0.520. The van der Waals surface area contributed by atoms with E-state index in [-0.39, 0.29) is 23.8 Å². The fraction of sp³-hybridized carbons (Fsp3) is 0.280. The summed E-state index contributed by atoms with van der Waals surface area (Å²) < 4.78 is 11.4. The third kappa shape index (κ3) is 5.00. The van der Waals surface area contributed by atoms with Gasteiger partial charge in [-0.2, -0.15) is 0 Å². The second-order valence-corrected chi connectivity index (χ2v) is 8.16. The lowest BCUT2D eigenvalue weighted by atomic mass is 10.1. The summed E-state index contributed by atoms with van der Waals surface area (Å²) in [6.07, 6.45) is 4.30. The largest absolute Gasteiger partial charge is 0.493 e. The molecule has 3 unspecified atom stereocenters. The molecule has 1 aliphatic carbocycles. The van der Waals surface area contributed by atoms with Gasteiger partial charge in [0.2, 0.25) is 5.91 Å². The monoisotopic (exact) mass is 436 g/mol. The van der Waals surface area contributed by atoms with Crippen molar-refractivity contribution in [3.8, 4) is 11.5 Å². The molecule has 0 bridgehead atoms. The van der Waals surface area contributed by atoms with Crippen molar-refractivity contribution in [2.24, 2.45) is 5.92 Å². The van der Waals surface area contributed by atoms with Crippen LogP contribution in [0.1, 0.15) is 42.0 Å². The number of pyridine rings is 1. The van der Waals surface area contributed by atoms with E-state index < -0.39 is 0 Å². The number of hydrogen-bond acceptors (Lipinski definition) is 4.